The number of carboxylic acid groups (broad SMARTS) is 2. The number of aryl methyl sites for hydroxylation is 12. The molecule has 0 fully saturated rings. The standard InChI is InChI=1S/2C15H22BN6.C2H2O4.2Ni/c2*1-10-7-13(4)20(17-10)16(21-14(5)8-11(2)18-21)22-15(6)9-12(3)19-22;3-1(4)2(5)6;;/h2*7-9,16H,1-6H3;(H,3,4)(H,5,6);;/q2*-1;;2*+2/p-2. The molecule has 0 unspecified atom stereocenters. The Bertz CT molecular complexity index is 1790. The molecule has 20 heteroatoms. The van der Waals surface area contributed by atoms with Crippen molar-refractivity contribution in [3.63, 3.8) is 0 Å². The molecule has 52 heavy (non-hydrogen) atoms. The van der Waals surface area contributed by atoms with Crippen molar-refractivity contribution in [2.24, 2.45) is 0 Å². The molecule has 16 nitrogen and oxygen atoms in total. The van der Waals surface area contributed by atoms with E-state index in [1.165, 1.54) is 0 Å². The van der Waals surface area contributed by atoms with Crippen LogP contribution in [0.2, 0.25) is 0 Å². The van der Waals surface area contributed by atoms with Crippen molar-refractivity contribution in [2.45, 2.75) is 83.1 Å². The molecule has 0 atom stereocenters. The molecule has 0 bridgehead atoms. The van der Waals surface area contributed by atoms with E-state index in [2.05, 4.69) is 105 Å². The van der Waals surface area contributed by atoms with Crippen molar-refractivity contribution in [1.29, 1.82) is 0 Å². The Balaban J connectivity index is 0.000000302. The molecule has 6 aromatic heterocycles. The fourth-order valence-corrected chi connectivity index (χ4v) is 6.53. The molecule has 282 valence electrons. The van der Waals surface area contributed by atoms with Crippen LogP contribution in [0.15, 0.2) is 36.4 Å². The third-order valence-electron chi connectivity index (χ3n) is 8.39. The molecule has 0 spiro atoms. The van der Waals surface area contributed by atoms with Gasteiger partial charge in [0.05, 0.1) is 46.1 Å². The first-order chi connectivity index (χ1) is 23.4. The third-order valence-corrected chi connectivity index (χ3v) is 8.39. The maximum Gasteiger partial charge on any atom is 2.00 e. The first-order valence-electron chi connectivity index (χ1n) is 16.3. The van der Waals surface area contributed by atoms with Crippen LogP contribution in [0, 0.1) is 83.1 Å². The number of carboxylic acids is 2. The molecule has 0 amide bonds. The number of carbonyl (C=O) groups excluding carboxylic acids is 2. The van der Waals surface area contributed by atoms with Gasteiger partial charge in [-0.25, -0.2) is 30.6 Å². The summed E-state index contributed by atoms with van der Waals surface area (Å²) in [6, 6.07) is 12.6. The van der Waals surface area contributed by atoms with Crippen LogP contribution in [-0.4, -0.2) is 84.3 Å². The van der Waals surface area contributed by atoms with E-state index in [4.69, 9.17) is 50.4 Å². The fourth-order valence-electron chi connectivity index (χ4n) is 6.53. The average molecular weight is 800 g/mol. The van der Waals surface area contributed by atoms with Gasteiger partial charge in [0.2, 0.25) is 0 Å². The van der Waals surface area contributed by atoms with Crippen molar-refractivity contribution >= 4 is 26.2 Å². The van der Waals surface area contributed by atoms with E-state index in [0.29, 0.717) is 0 Å². The molecule has 0 radical (unpaired) electrons. The summed E-state index contributed by atoms with van der Waals surface area (Å²) in [5, 5.41) is 46.0. The summed E-state index contributed by atoms with van der Waals surface area (Å²) in [4.78, 5) is 17.9. The van der Waals surface area contributed by atoms with Crippen molar-refractivity contribution < 1.29 is 52.8 Å². The van der Waals surface area contributed by atoms with Gasteiger partial charge in [0.15, 0.2) is 0 Å². The molecule has 0 aromatic carbocycles. The van der Waals surface area contributed by atoms with E-state index < -0.39 is 26.2 Å². The Morgan fingerprint density at radius 3 is 0.596 bits per heavy atom. The maximum absolute atomic E-state index is 8.93. The number of aliphatic carboxylic acids is 2. The Hall–Kier alpha value is -4.68. The van der Waals surface area contributed by atoms with Crippen LogP contribution in [0.4, 0.5) is 0 Å². The van der Waals surface area contributed by atoms with E-state index in [1.807, 2.05) is 41.5 Å². The molecule has 6 rings (SSSR count). The zero-order valence-electron chi connectivity index (χ0n) is 31.5. The van der Waals surface area contributed by atoms with Crippen LogP contribution in [0.5, 0.6) is 0 Å². The molecule has 6 heterocycles. The van der Waals surface area contributed by atoms with Crippen LogP contribution in [0.1, 0.15) is 68.3 Å². The first-order valence-corrected chi connectivity index (χ1v) is 16.3. The van der Waals surface area contributed by atoms with Gasteiger partial charge in [-0.1, -0.05) is 0 Å². The number of hydrogen-bond acceptors (Lipinski definition) is 10. The van der Waals surface area contributed by atoms with Crippen molar-refractivity contribution in [3.8, 4) is 0 Å². The van der Waals surface area contributed by atoms with E-state index in [0.717, 1.165) is 68.3 Å². The van der Waals surface area contributed by atoms with Crippen LogP contribution in [0.3, 0.4) is 0 Å². The second-order valence-electron chi connectivity index (χ2n) is 13.0. The van der Waals surface area contributed by atoms with Crippen molar-refractivity contribution in [3.05, 3.63) is 105 Å². The Labute approximate surface area is 323 Å². The molecule has 0 aliphatic carbocycles. The van der Waals surface area contributed by atoms with Gasteiger partial charge in [-0.15, -0.1) is 0 Å². The number of carbonyl (C=O) groups is 2. The second-order valence-corrected chi connectivity index (χ2v) is 13.0. The minimum Gasteiger partial charge on any atom is -0.543 e. The Kier molecular flexibility index (Phi) is 14.8. The smallest absolute Gasteiger partial charge is 0.543 e. The number of nitrogens with zero attached hydrogens (tertiary/aromatic N) is 12. The largest absolute Gasteiger partial charge is 2.00 e. The molecule has 0 aliphatic rings. The van der Waals surface area contributed by atoms with Gasteiger partial charge in [0, 0.05) is 0 Å². The summed E-state index contributed by atoms with van der Waals surface area (Å²) in [6.45, 7) is 24.6. The summed E-state index contributed by atoms with van der Waals surface area (Å²) in [5.74, 6) is -4.37. The SMILES string of the molecule is Cc1cc(C)n([BH-](n2nc(C)cc2C)n2nc(C)cc2C)n1.Cc1cc(C)n([BH-](n2nc(C)cc2C)n2nc(C)cc2C)n1.O=C([O-])C(=O)[O-].[Ni+2].[Ni+2]. The van der Waals surface area contributed by atoms with Gasteiger partial charge in [-0.2, -0.15) is 0 Å². The molecule has 0 saturated carbocycles. The maximum atomic E-state index is 8.93. The molecule has 0 aliphatic heterocycles. The van der Waals surface area contributed by atoms with Crippen molar-refractivity contribution in [2.75, 3.05) is 0 Å². The van der Waals surface area contributed by atoms with E-state index in [1.54, 1.807) is 0 Å². The normalized spacial score (nSPS) is 10.7. The van der Waals surface area contributed by atoms with Gasteiger partial charge in [0.25, 0.3) is 0 Å². The van der Waals surface area contributed by atoms with Gasteiger partial charge in [-0.3, -0.25) is 0 Å². The average Bonchev–Trinajstić information content (AvgIpc) is 3.83. The molecule has 6 aromatic rings. The monoisotopic (exact) mass is 798 g/mol. The molecule has 0 N–H and O–H groups in total. The van der Waals surface area contributed by atoms with E-state index >= 15 is 0 Å². The summed E-state index contributed by atoms with van der Waals surface area (Å²) in [7, 11) is -2.52. The Morgan fingerprint density at radius 1 is 0.385 bits per heavy atom. The first kappa shape index (κ1) is 43.5. The number of aromatic nitrogens is 12. The number of rotatable bonds is 6. The minimum absolute atomic E-state index is 0. The molecular weight excluding hydrogens is 755 g/mol. The predicted octanol–water partition coefficient (Wildman–Crippen LogP) is 0.0582. The number of hydrogen-bond donors (Lipinski definition) is 0. The second kappa shape index (κ2) is 17.7. The van der Waals surface area contributed by atoms with Gasteiger partial charge in [0.1, 0.15) is 0 Å². The zero-order valence-corrected chi connectivity index (χ0v) is 33.5. The predicted molar refractivity (Wildman–Crippen MR) is 187 cm³/mol. The van der Waals surface area contributed by atoms with Crippen molar-refractivity contribution in [1.82, 2.24) is 58.1 Å². The summed E-state index contributed by atoms with van der Waals surface area (Å²) < 4.78 is 12.4. The fraction of sp³-hybridized carbons (Fsp3) is 0.375. The summed E-state index contributed by atoms with van der Waals surface area (Å²) in [5.41, 5.74) is 12.8. The van der Waals surface area contributed by atoms with Crippen LogP contribution < -0.4 is 10.2 Å². The van der Waals surface area contributed by atoms with E-state index in [-0.39, 0.29) is 33.0 Å². The minimum atomic E-state index is -2.19. The zero-order chi connectivity index (χ0) is 37.2. The summed E-state index contributed by atoms with van der Waals surface area (Å²) in [6.07, 6.45) is 0. The quantitative estimate of drug-likeness (QED) is 0.165. The van der Waals surface area contributed by atoms with E-state index in [9.17, 15) is 0 Å². The molecule has 0 saturated heterocycles. The molecular formula is C32H44B2N12Ni2O4. The summed E-state index contributed by atoms with van der Waals surface area (Å²) >= 11 is 0. The van der Waals surface area contributed by atoms with Gasteiger partial charge >= 0.3 is 47.2 Å². The topological polar surface area (TPSA) is 187 Å². The third kappa shape index (κ3) is 9.80. The van der Waals surface area contributed by atoms with Crippen LogP contribution in [-0.2, 0) is 42.6 Å². The van der Waals surface area contributed by atoms with Gasteiger partial charge in [-0.05, 0) is 154 Å². The van der Waals surface area contributed by atoms with Gasteiger partial charge < -0.3 is 47.4 Å². The van der Waals surface area contributed by atoms with Crippen LogP contribution >= 0.6 is 0 Å². The Morgan fingerprint density at radius 2 is 0.519 bits per heavy atom. The van der Waals surface area contributed by atoms with Crippen LogP contribution in [0.25, 0.3) is 0 Å².